The van der Waals surface area contributed by atoms with Crippen molar-refractivity contribution < 1.29 is 0 Å². The van der Waals surface area contributed by atoms with Gasteiger partial charge in [0.15, 0.2) is 5.65 Å². The zero-order valence-electron chi connectivity index (χ0n) is 8.64. The van der Waals surface area contributed by atoms with Crippen molar-refractivity contribution in [3.05, 3.63) is 52.2 Å². The van der Waals surface area contributed by atoms with Crippen molar-refractivity contribution in [2.75, 3.05) is 0 Å². The van der Waals surface area contributed by atoms with Gasteiger partial charge < -0.3 is 0 Å². The van der Waals surface area contributed by atoms with Crippen LogP contribution in [-0.2, 0) is 0 Å². The molecule has 0 N–H and O–H groups in total. The van der Waals surface area contributed by atoms with Gasteiger partial charge in [0.1, 0.15) is 5.15 Å². The first kappa shape index (κ1) is 10.7. The van der Waals surface area contributed by atoms with Crippen molar-refractivity contribution in [3.63, 3.8) is 0 Å². The summed E-state index contributed by atoms with van der Waals surface area (Å²) in [4.78, 5) is 4.29. The Labute approximate surface area is 111 Å². The normalized spacial score (nSPS) is 10.9. The summed E-state index contributed by atoms with van der Waals surface area (Å²) in [5.74, 6) is 0. The molecule has 5 heteroatoms. The van der Waals surface area contributed by atoms with Crippen LogP contribution in [0.3, 0.4) is 0 Å². The molecule has 0 fully saturated rings. The van der Waals surface area contributed by atoms with Crippen molar-refractivity contribution in [3.8, 4) is 11.3 Å². The molecule has 3 nitrogen and oxygen atoms in total. The third-order valence-electron chi connectivity index (χ3n) is 2.45. The molecule has 0 saturated carbocycles. The van der Waals surface area contributed by atoms with E-state index in [-0.39, 0.29) is 0 Å². The van der Waals surface area contributed by atoms with Gasteiger partial charge in [-0.05, 0) is 24.3 Å². The Hall–Kier alpha value is -1.39. The molecule has 0 unspecified atom stereocenters. The van der Waals surface area contributed by atoms with Crippen molar-refractivity contribution in [1.29, 1.82) is 0 Å². The highest BCUT2D eigenvalue weighted by molar-refractivity contribution is 9.10. The molecule has 2 aromatic heterocycles. The number of hydrogen-bond acceptors (Lipinski definition) is 2. The van der Waals surface area contributed by atoms with Gasteiger partial charge in [-0.15, -0.1) is 0 Å². The number of benzene rings is 1. The van der Waals surface area contributed by atoms with Crippen LogP contribution in [0.25, 0.3) is 16.9 Å². The maximum atomic E-state index is 5.90. The van der Waals surface area contributed by atoms with Crippen molar-refractivity contribution >= 4 is 33.2 Å². The minimum Gasteiger partial charge on any atom is -0.235 e. The molecule has 1 aromatic carbocycles. The smallest absolute Gasteiger partial charge is 0.154 e. The zero-order chi connectivity index (χ0) is 11.8. The van der Waals surface area contributed by atoms with Crippen molar-refractivity contribution in [2.24, 2.45) is 0 Å². The second-order valence-electron chi connectivity index (χ2n) is 3.58. The van der Waals surface area contributed by atoms with Crippen LogP contribution in [0.5, 0.6) is 0 Å². The second kappa shape index (κ2) is 4.13. The Morgan fingerprint density at radius 3 is 2.88 bits per heavy atom. The molecule has 0 radical (unpaired) electrons. The quantitative estimate of drug-likeness (QED) is 0.684. The molecular weight excluding hydrogens is 302 g/mol. The largest absolute Gasteiger partial charge is 0.235 e. The van der Waals surface area contributed by atoms with Gasteiger partial charge in [-0.2, -0.15) is 5.10 Å². The van der Waals surface area contributed by atoms with E-state index in [2.05, 4.69) is 26.0 Å². The third kappa shape index (κ3) is 1.94. The third-order valence-corrected chi connectivity index (χ3v) is 3.14. The highest BCUT2D eigenvalue weighted by atomic mass is 79.9. The molecule has 2 heterocycles. The SMILES string of the molecule is Clc1ccc2ncc(-c3cccc(Br)c3)n2n1. The molecule has 0 aliphatic carbocycles. The summed E-state index contributed by atoms with van der Waals surface area (Å²) in [5.41, 5.74) is 2.75. The molecule has 3 rings (SSSR count). The maximum absolute atomic E-state index is 5.90. The lowest BCUT2D eigenvalue weighted by atomic mass is 10.2. The van der Waals surface area contributed by atoms with Crippen LogP contribution in [0.2, 0.25) is 5.15 Å². The number of rotatable bonds is 1. The molecule has 84 valence electrons. The zero-order valence-corrected chi connectivity index (χ0v) is 11.0. The number of nitrogens with zero attached hydrogens (tertiary/aromatic N) is 3. The van der Waals surface area contributed by atoms with Gasteiger partial charge >= 0.3 is 0 Å². The minimum atomic E-state index is 0.451. The molecule has 0 bridgehead atoms. The van der Waals surface area contributed by atoms with Crippen LogP contribution >= 0.6 is 27.5 Å². The first-order valence-electron chi connectivity index (χ1n) is 5.00. The monoisotopic (exact) mass is 307 g/mol. The van der Waals surface area contributed by atoms with E-state index in [1.165, 1.54) is 0 Å². The lowest BCUT2D eigenvalue weighted by Crippen LogP contribution is -1.93. The van der Waals surface area contributed by atoms with E-state index in [1.54, 1.807) is 16.8 Å². The van der Waals surface area contributed by atoms with Gasteiger partial charge in [0.2, 0.25) is 0 Å². The first-order chi connectivity index (χ1) is 8.24. The highest BCUT2D eigenvalue weighted by Gasteiger charge is 2.07. The van der Waals surface area contributed by atoms with E-state index in [0.29, 0.717) is 5.15 Å². The Balaban J connectivity index is 2.27. The van der Waals surface area contributed by atoms with Crippen LogP contribution in [0.15, 0.2) is 47.1 Å². The lowest BCUT2D eigenvalue weighted by Gasteiger charge is -2.01. The van der Waals surface area contributed by atoms with Crippen molar-refractivity contribution in [1.82, 2.24) is 14.6 Å². The molecule has 0 aliphatic rings. The van der Waals surface area contributed by atoms with E-state index in [0.717, 1.165) is 21.4 Å². The predicted octanol–water partition coefficient (Wildman–Crippen LogP) is 3.81. The summed E-state index contributed by atoms with van der Waals surface area (Å²) in [6.07, 6.45) is 1.79. The lowest BCUT2D eigenvalue weighted by molar-refractivity contribution is 0.943. The average molecular weight is 309 g/mol. The van der Waals surface area contributed by atoms with Crippen LogP contribution in [0, 0.1) is 0 Å². The number of hydrogen-bond donors (Lipinski definition) is 0. The number of halogens is 2. The van der Waals surface area contributed by atoms with Gasteiger partial charge in [-0.1, -0.05) is 39.7 Å². The molecule has 0 amide bonds. The fraction of sp³-hybridized carbons (Fsp3) is 0. The molecule has 0 spiro atoms. The van der Waals surface area contributed by atoms with Gasteiger partial charge in [0.05, 0.1) is 11.9 Å². The van der Waals surface area contributed by atoms with Crippen LogP contribution in [-0.4, -0.2) is 14.6 Å². The van der Waals surface area contributed by atoms with Gasteiger partial charge in [-0.25, -0.2) is 9.50 Å². The van der Waals surface area contributed by atoms with Crippen molar-refractivity contribution in [2.45, 2.75) is 0 Å². The Morgan fingerprint density at radius 2 is 2.06 bits per heavy atom. The summed E-state index contributed by atoms with van der Waals surface area (Å²) < 4.78 is 2.76. The topological polar surface area (TPSA) is 30.2 Å². The molecular formula is C12H7BrClN3. The Bertz CT molecular complexity index is 693. The fourth-order valence-electron chi connectivity index (χ4n) is 1.70. The molecule has 0 saturated heterocycles. The van der Waals surface area contributed by atoms with E-state index >= 15 is 0 Å². The van der Waals surface area contributed by atoms with Gasteiger partial charge in [-0.3, -0.25) is 0 Å². The Morgan fingerprint density at radius 1 is 1.18 bits per heavy atom. The summed E-state index contributed by atoms with van der Waals surface area (Å²) >= 11 is 9.35. The fourth-order valence-corrected chi connectivity index (χ4v) is 2.23. The first-order valence-corrected chi connectivity index (χ1v) is 6.17. The maximum Gasteiger partial charge on any atom is 0.154 e. The molecule has 3 aromatic rings. The summed E-state index contributed by atoms with van der Waals surface area (Å²) in [6.45, 7) is 0. The second-order valence-corrected chi connectivity index (χ2v) is 4.88. The summed E-state index contributed by atoms with van der Waals surface area (Å²) in [6, 6.07) is 11.6. The summed E-state index contributed by atoms with van der Waals surface area (Å²) in [5, 5.41) is 4.70. The van der Waals surface area contributed by atoms with E-state index in [9.17, 15) is 0 Å². The van der Waals surface area contributed by atoms with Crippen LogP contribution < -0.4 is 0 Å². The highest BCUT2D eigenvalue weighted by Crippen LogP contribution is 2.23. The molecule has 0 aliphatic heterocycles. The van der Waals surface area contributed by atoms with E-state index in [4.69, 9.17) is 11.6 Å². The molecule has 17 heavy (non-hydrogen) atoms. The van der Waals surface area contributed by atoms with Crippen LogP contribution in [0.4, 0.5) is 0 Å². The number of fused-ring (bicyclic) bond motifs is 1. The standard InChI is InChI=1S/C12H7BrClN3/c13-9-3-1-2-8(6-9)10-7-15-12-5-4-11(14)16-17(10)12/h1-7H. The summed E-state index contributed by atoms with van der Waals surface area (Å²) in [7, 11) is 0. The number of aromatic nitrogens is 3. The van der Waals surface area contributed by atoms with Gasteiger partial charge in [0, 0.05) is 10.0 Å². The minimum absolute atomic E-state index is 0.451. The predicted molar refractivity (Wildman–Crippen MR) is 71.1 cm³/mol. The molecule has 0 atom stereocenters. The van der Waals surface area contributed by atoms with Crippen LogP contribution in [0.1, 0.15) is 0 Å². The van der Waals surface area contributed by atoms with E-state index < -0.39 is 0 Å². The number of imidazole rings is 1. The Kier molecular flexibility index (Phi) is 2.61. The van der Waals surface area contributed by atoms with E-state index in [1.807, 2.05) is 30.3 Å². The van der Waals surface area contributed by atoms with Gasteiger partial charge in [0.25, 0.3) is 0 Å². The average Bonchev–Trinajstić information content (AvgIpc) is 2.71.